The number of benzene rings is 1. The zero-order valence-corrected chi connectivity index (χ0v) is 10.4. The van der Waals surface area contributed by atoms with E-state index in [1.165, 1.54) is 24.8 Å². The molecule has 3 heteroatoms. The van der Waals surface area contributed by atoms with E-state index in [2.05, 4.69) is 5.32 Å². The predicted molar refractivity (Wildman–Crippen MR) is 67.2 cm³/mol. The summed E-state index contributed by atoms with van der Waals surface area (Å²) >= 11 is 6.05. The molecule has 1 aliphatic heterocycles. The minimum absolute atomic E-state index is 0.385. The first-order valence-electron chi connectivity index (χ1n) is 5.88. The molecule has 1 aromatic rings. The molecule has 1 heterocycles. The molecule has 16 heavy (non-hydrogen) atoms. The first-order valence-corrected chi connectivity index (χ1v) is 6.26. The fourth-order valence-corrected chi connectivity index (χ4v) is 2.45. The monoisotopic (exact) mass is 239 g/mol. The summed E-state index contributed by atoms with van der Waals surface area (Å²) in [7, 11) is 1.71. The lowest BCUT2D eigenvalue weighted by Crippen LogP contribution is -2.20. The minimum atomic E-state index is 0.385. The molecule has 1 fully saturated rings. The maximum Gasteiger partial charge on any atom is 0.123 e. The van der Waals surface area contributed by atoms with Crippen molar-refractivity contribution in [3.8, 4) is 5.75 Å². The van der Waals surface area contributed by atoms with Crippen LogP contribution < -0.4 is 10.1 Å². The normalized spacial score (nSPS) is 21.5. The van der Waals surface area contributed by atoms with Crippen molar-refractivity contribution in [2.45, 2.75) is 31.7 Å². The number of ether oxygens (including phenoxy) is 1. The van der Waals surface area contributed by atoms with Crippen LogP contribution in [0.25, 0.3) is 0 Å². The van der Waals surface area contributed by atoms with Gasteiger partial charge < -0.3 is 10.1 Å². The third-order valence-corrected chi connectivity index (χ3v) is 3.36. The molecule has 1 aliphatic rings. The number of halogens is 1. The Morgan fingerprint density at radius 3 is 3.00 bits per heavy atom. The van der Waals surface area contributed by atoms with Crippen LogP contribution in [0.15, 0.2) is 18.2 Å². The standard InChI is InChI=1S/C13H18ClNO/c1-16-13-7-6-10(14)9-11(13)12-5-3-2-4-8-15-12/h6-7,9,12,15H,2-5,8H2,1H3/t12-/m0/s1. The number of hydrogen-bond acceptors (Lipinski definition) is 2. The van der Waals surface area contributed by atoms with Gasteiger partial charge in [-0.3, -0.25) is 0 Å². The van der Waals surface area contributed by atoms with Crippen LogP contribution in [0.3, 0.4) is 0 Å². The average Bonchev–Trinajstić information content (AvgIpc) is 2.57. The molecular weight excluding hydrogens is 222 g/mol. The summed E-state index contributed by atoms with van der Waals surface area (Å²) in [5, 5.41) is 4.34. The van der Waals surface area contributed by atoms with Crippen LogP contribution in [0.5, 0.6) is 5.75 Å². The van der Waals surface area contributed by atoms with Crippen LogP contribution in [0.1, 0.15) is 37.3 Å². The van der Waals surface area contributed by atoms with E-state index in [9.17, 15) is 0 Å². The van der Waals surface area contributed by atoms with Gasteiger partial charge in [-0.05, 0) is 37.6 Å². The van der Waals surface area contributed by atoms with Gasteiger partial charge in [0, 0.05) is 16.6 Å². The average molecular weight is 240 g/mol. The Morgan fingerprint density at radius 1 is 1.31 bits per heavy atom. The van der Waals surface area contributed by atoms with Crippen LogP contribution in [0, 0.1) is 0 Å². The lowest BCUT2D eigenvalue weighted by atomic mass is 10.0. The van der Waals surface area contributed by atoms with Gasteiger partial charge in [-0.1, -0.05) is 24.4 Å². The lowest BCUT2D eigenvalue weighted by Gasteiger charge is -2.19. The van der Waals surface area contributed by atoms with Gasteiger partial charge in [0.1, 0.15) is 5.75 Å². The van der Waals surface area contributed by atoms with E-state index in [1.54, 1.807) is 7.11 Å². The smallest absolute Gasteiger partial charge is 0.123 e. The molecule has 2 nitrogen and oxygen atoms in total. The highest BCUT2D eigenvalue weighted by molar-refractivity contribution is 6.30. The van der Waals surface area contributed by atoms with Gasteiger partial charge >= 0.3 is 0 Å². The molecule has 1 N–H and O–H groups in total. The first kappa shape index (κ1) is 11.7. The molecule has 0 radical (unpaired) electrons. The molecule has 0 aliphatic carbocycles. The van der Waals surface area contributed by atoms with Gasteiger partial charge in [-0.25, -0.2) is 0 Å². The minimum Gasteiger partial charge on any atom is -0.496 e. The largest absolute Gasteiger partial charge is 0.496 e. The summed E-state index contributed by atoms with van der Waals surface area (Å²) in [6.45, 7) is 1.08. The Balaban J connectivity index is 2.25. The Labute approximate surface area is 102 Å². The van der Waals surface area contributed by atoms with E-state index >= 15 is 0 Å². The second-order valence-corrected chi connectivity index (χ2v) is 4.68. The van der Waals surface area contributed by atoms with Crippen molar-refractivity contribution in [2.24, 2.45) is 0 Å². The van der Waals surface area contributed by atoms with Crippen molar-refractivity contribution in [1.29, 1.82) is 0 Å². The van der Waals surface area contributed by atoms with E-state index in [1.807, 2.05) is 18.2 Å². The Kier molecular flexibility index (Phi) is 4.08. The van der Waals surface area contributed by atoms with Crippen molar-refractivity contribution < 1.29 is 4.74 Å². The quantitative estimate of drug-likeness (QED) is 0.852. The molecule has 0 saturated carbocycles. The zero-order chi connectivity index (χ0) is 11.4. The Hall–Kier alpha value is -0.730. The van der Waals surface area contributed by atoms with Crippen molar-refractivity contribution >= 4 is 11.6 Å². The Morgan fingerprint density at radius 2 is 2.19 bits per heavy atom. The van der Waals surface area contributed by atoms with Crippen molar-refractivity contribution in [1.82, 2.24) is 5.32 Å². The molecule has 1 atom stereocenters. The molecule has 0 amide bonds. The number of rotatable bonds is 2. The van der Waals surface area contributed by atoms with Crippen molar-refractivity contribution in [3.63, 3.8) is 0 Å². The number of hydrogen-bond donors (Lipinski definition) is 1. The van der Waals surface area contributed by atoms with Gasteiger partial charge in [0.25, 0.3) is 0 Å². The second kappa shape index (κ2) is 5.55. The third-order valence-electron chi connectivity index (χ3n) is 3.13. The molecular formula is C13H18ClNO. The molecule has 1 aromatic carbocycles. The Bertz CT molecular complexity index is 346. The summed E-state index contributed by atoms with van der Waals surface area (Å²) < 4.78 is 5.40. The molecule has 1 saturated heterocycles. The maximum atomic E-state index is 6.05. The summed E-state index contributed by atoms with van der Waals surface area (Å²) in [6.07, 6.45) is 5.01. The molecule has 0 unspecified atom stereocenters. The van der Waals surface area contributed by atoms with Gasteiger partial charge in [-0.15, -0.1) is 0 Å². The number of nitrogens with one attached hydrogen (secondary N) is 1. The predicted octanol–water partition coefficient (Wildman–Crippen LogP) is 3.55. The highest BCUT2D eigenvalue weighted by Crippen LogP contribution is 2.32. The summed E-state index contributed by atoms with van der Waals surface area (Å²) in [6, 6.07) is 6.23. The number of methoxy groups -OCH3 is 1. The second-order valence-electron chi connectivity index (χ2n) is 4.24. The van der Waals surface area contributed by atoms with Crippen LogP contribution in [-0.2, 0) is 0 Å². The molecule has 0 spiro atoms. The lowest BCUT2D eigenvalue weighted by molar-refractivity contribution is 0.397. The third kappa shape index (κ3) is 2.69. The van der Waals surface area contributed by atoms with E-state index in [0.717, 1.165) is 23.7 Å². The molecule has 0 aromatic heterocycles. The van der Waals surface area contributed by atoms with Crippen LogP contribution >= 0.6 is 11.6 Å². The fourth-order valence-electron chi connectivity index (χ4n) is 2.27. The summed E-state index contributed by atoms with van der Waals surface area (Å²) in [4.78, 5) is 0. The van der Waals surface area contributed by atoms with Gasteiger partial charge in [-0.2, -0.15) is 0 Å². The molecule has 88 valence electrons. The van der Waals surface area contributed by atoms with E-state index in [4.69, 9.17) is 16.3 Å². The van der Waals surface area contributed by atoms with Crippen LogP contribution in [0.2, 0.25) is 5.02 Å². The van der Waals surface area contributed by atoms with Crippen LogP contribution in [0.4, 0.5) is 0 Å². The highest BCUT2D eigenvalue weighted by atomic mass is 35.5. The molecule has 2 rings (SSSR count). The fraction of sp³-hybridized carbons (Fsp3) is 0.538. The van der Waals surface area contributed by atoms with Gasteiger partial charge in [0.2, 0.25) is 0 Å². The van der Waals surface area contributed by atoms with E-state index < -0.39 is 0 Å². The van der Waals surface area contributed by atoms with Gasteiger partial charge in [0.15, 0.2) is 0 Å². The highest BCUT2D eigenvalue weighted by Gasteiger charge is 2.17. The van der Waals surface area contributed by atoms with Crippen molar-refractivity contribution in [3.05, 3.63) is 28.8 Å². The summed E-state index contributed by atoms with van der Waals surface area (Å²) in [5.74, 6) is 0.934. The SMILES string of the molecule is COc1ccc(Cl)cc1[C@@H]1CCCCCN1. The zero-order valence-electron chi connectivity index (χ0n) is 9.63. The van der Waals surface area contributed by atoms with E-state index in [-0.39, 0.29) is 0 Å². The first-order chi connectivity index (χ1) is 7.81. The van der Waals surface area contributed by atoms with Crippen LogP contribution in [-0.4, -0.2) is 13.7 Å². The van der Waals surface area contributed by atoms with Crippen molar-refractivity contribution in [2.75, 3.05) is 13.7 Å². The topological polar surface area (TPSA) is 21.3 Å². The maximum absolute atomic E-state index is 6.05. The summed E-state index contributed by atoms with van der Waals surface area (Å²) in [5.41, 5.74) is 1.19. The molecule has 0 bridgehead atoms. The van der Waals surface area contributed by atoms with E-state index in [0.29, 0.717) is 6.04 Å². The van der Waals surface area contributed by atoms with Gasteiger partial charge in [0.05, 0.1) is 7.11 Å².